The molecule has 0 radical (unpaired) electrons. The van der Waals surface area contributed by atoms with Crippen LogP contribution in [-0.2, 0) is 0 Å². The van der Waals surface area contributed by atoms with Crippen molar-refractivity contribution in [2.75, 3.05) is 0 Å². The highest BCUT2D eigenvalue weighted by Crippen LogP contribution is 2.33. The normalized spacial score (nSPS) is 16.8. The second-order valence-corrected chi connectivity index (χ2v) is 5.39. The monoisotopic (exact) mass is 268 g/mol. The summed E-state index contributed by atoms with van der Waals surface area (Å²) >= 11 is 0. The predicted molar refractivity (Wildman–Crippen MR) is 75.2 cm³/mol. The zero-order valence-corrected chi connectivity index (χ0v) is 11.2. The Morgan fingerprint density at radius 1 is 1.15 bits per heavy atom. The third-order valence-corrected chi connectivity index (χ3v) is 4.10. The zero-order valence-electron chi connectivity index (χ0n) is 11.2. The maximum absolute atomic E-state index is 5.49. The average Bonchev–Trinajstić information content (AvgIpc) is 3.17. The Morgan fingerprint density at radius 2 is 2.05 bits per heavy atom. The molecule has 0 aliphatic heterocycles. The summed E-state index contributed by atoms with van der Waals surface area (Å²) in [5.41, 5.74) is 1.83. The summed E-state index contributed by atoms with van der Waals surface area (Å²) in [6, 6.07) is 3.93. The Balaban J connectivity index is 1.72. The third-order valence-electron chi connectivity index (χ3n) is 4.10. The van der Waals surface area contributed by atoms with Crippen LogP contribution in [0, 0.1) is 0 Å². The molecule has 3 aromatic heterocycles. The van der Waals surface area contributed by atoms with Crippen LogP contribution in [0.5, 0.6) is 0 Å². The van der Waals surface area contributed by atoms with Crippen LogP contribution in [0.4, 0.5) is 0 Å². The number of nitrogens with zero attached hydrogens (tertiary/aromatic N) is 3. The zero-order chi connectivity index (χ0) is 13.4. The van der Waals surface area contributed by atoms with Crippen molar-refractivity contribution in [2.45, 2.75) is 38.0 Å². The fourth-order valence-corrected chi connectivity index (χ4v) is 3.02. The van der Waals surface area contributed by atoms with E-state index < -0.39 is 0 Å². The molecule has 0 unspecified atom stereocenters. The smallest absolute Gasteiger partial charge is 0.230 e. The van der Waals surface area contributed by atoms with Gasteiger partial charge >= 0.3 is 0 Å². The maximum Gasteiger partial charge on any atom is 0.230 e. The standard InChI is InChI=1S/C15H16N4O/c1-2-4-10(5-3-1)15-18-14(19-20-15)12-7-9-17-13-11(12)6-8-16-13/h6-10H,1-5H2,(H,16,17). The summed E-state index contributed by atoms with van der Waals surface area (Å²) in [6.45, 7) is 0. The Labute approximate surface area is 116 Å². The van der Waals surface area contributed by atoms with Gasteiger partial charge in [0.1, 0.15) is 5.65 Å². The predicted octanol–water partition coefficient (Wildman–Crippen LogP) is 3.66. The van der Waals surface area contributed by atoms with Gasteiger partial charge in [0.25, 0.3) is 0 Å². The quantitative estimate of drug-likeness (QED) is 0.770. The summed E-state index contributed by atoms with van der Waals surface area (Å²) in [6.07, 6.45) is 9.83. The molecule has 3 aromatic rings. The van der Waals surface area contributed by atoms with Crippen molar-refractivity contribution >= 4 is 11.0 Å². The van der Waals surface area contributed by atoms with Gasteiger partial charge in [-0.3, -0.25) is 0 Å². The second kappa shape index (κ2) is 4.74. The fraction of sp³-hybridized carbons (Fsp3) is 0.400. The van der Waals surface area contributed by atoms with Crippen LogP contribution in [-0.4, -0.2) is 20.1 Å². The fourth-order valence-electron chi connectivity index (χ4n) is 3.02. The molecule has 5 nitrogen and oxygen atoms in total. The lowest BCUT2D eigenvalue weighted by Gasteiger charge is -2.17. The van der Waals surface area contributed by atoms with E-state index in [9.17, 15) is 0 Å². The van der Waals surface area contributed by atoms with Crippen molar-refractivity contribution in [3.63, 3.8) is 0 Å². The Morgan fingerprint density at radius 3 is 2.95 bits per heavy atom. The van der Waals surface area contributed by atoms with Crippen LogP contribution in [0.15, 0.2) is 29.0 Å². The number of hydrogen-bond donors (Lipinski definition) is 1. The van der Waals surface area contributed by atoms with Crippen LogP contribution in [0.3, 0.4) is 0 Å². The van der Waals surface area contributed by atoms with E-state index in [1.807, 2.05) is 18.3 Å². The molecule has 0 spiro atoms. The number of pyridine rings is 1. The van der Waals surface area contributed by atoms with E-state index in [0.29, 0.717) is 11.7 Å². The first-order valence-electron chi connectivity index (χ1n) is 7.18. The summed E-state index contributed by atoms with van der Waals surface area (Å²) in [7, 11) is 0. The molecule has 0 aromatic carbocycles. The minimum Gasteiger partial charge on any atom is -0.346 e. The van der Waals surface area contributed by atoms with Crippen LogP contribution in [0.2, 0.25) is 0 Å². The second-order valence-electron chi connectivity index (χ2n) is 5.39. The van der Waals surface area contributed by atoms with Gasteiger partial charge in [-0.25, -0.2) is 4.98 Å². The number of aromatic nitrogens is 4. The molecular formula is C15H16N4O. The van der Waals surface area contributed by atoms with E-state index in [1.54, 1.807) is 6.20 Å². The lowest BCUT2D eigenvalue weighted by atomic mass is 9.89. The molecule has 5 heteroatoms. The van der Waals surface area contributed by atoms with Gasteiger partial charge in [-0.2, -0.15) is 4.98 Å². The molecule has 4 rings (SSSR count). The SMILES string of the molecule is c1cc(-c2noc(C3CCCCC3)n2)c2cc[nH]c2n1. The summed E-state index contributed by atoms with van der Waals surface area (Å²) in [5.74, 6) is 1.89. The molecule has 0 atom stereocenters. The first-order chi connectivity index (χ1) is 9.92. The molecule has 1 saturated carbocycles. The van der Waals surface area contributed by atoms with Crippen molar-refractivity contribution in [1.29, 1.82) is 0 Å². The number of aromatic amines is 1. The van der Waals surface area contributed by atoms with Crippen LogP contribution < -0.4 is 0 Å². The van der Waals surface area contributed by atoms with Gasteiger partial charge in [0, 0.05) is 29.3 Å². The first kappa shape index (κ1) is 11.6. The van der Waals surface area contributed by atoms with Gasteiger partial charge in [-0.15, -0.1) is 0 Å². The largest absolute Gasteiger partial charge is 0.346 e. The molecule has 0 amide bonds. The highest BCUT2D eigenvalue weighted by Gasteiger charge is 2.22. The van der Waals surface area contributed by atoms with E-state index in [4.69, 9.17) is 4.52 Å². The molecule has 102 valence electrons. The van der Waals surface area contributed by atoms with E-state index >= 15 is 0 Å². The minimum atomic E-state index is 0.438. The van der Waals surface area contributed by atoms with Crippen molar-refractivity contribution in [3.05, 3.63) is 30.4 Å². The average molecular weight is 268 g/mol. The molecule has 1 N–H and O–H groups in total. The van der Waals surface area contributed by atoms with E-state index in [2.05, 4.69) is 20.1 Å². The summed E-state index contributed by atoms with van der Waals surface area (Å²) in [4.78, 5) is 12.0. The van der Waals surface area contributed by atoms with E-state index in [1.165, 1.54) is 19.3 Å². The molecule has 1 aliphatic carbocycles. The highest BCUT2D eigenvalue weighted by molar-refractivity contribution is 5.90. The summed E-state index contributed by atoms with van der Waals surface area (Å²) < 4.78 is 5.49. The van der Waals surface area contributed by atoms with E-state index in [-0.39, 0.29) is 0 Å². The van der Waals surface area contributed by atoms with Crippen LogP contribution >= 0.6 is 0 Å². The van der Waals surface area contributed by atoms with Gasteiger partial charge in [-0.05, 0) is 25.0 Å². The van der Waals surface area contributed by atoms with Gasteiger partial charge in [0.05, 0.1) is 0 Å². The Hall–Kier alpha value is -2.17. The maximum atomic E-state index is 5.49. The van der Waals surface area contributed by atoms with Gasteiger partial charge < -0.3 is 9.51 Å². The number of fused-ring (bicyclic) bond motifs is 1. The number of nitrogens with one attached hydrogen (secondary N) is 1. The van der Waals surface area contributed by atoms with Crippen molar-refractivity contribution in [2.24, 2.45) is 0 Å². The molecule has 1 fully saturated rings. The van der Waals surface area contributed by atoms with Gasteiger partial charge in [-0.1, -0.05) is 24.4 Å². The van der Waals surface area contributed by atoms with Crippen molar-refractivity contribution < 1.29 is 4.52 Å². The van der Waals surface area contributed by atoms with Gasteiger partial charge in [0.2, 0.25) is 11.7 Å². The molecule has 20 heavy (non-hydrogen) atoms. The molecule has 3 heterocycles. The lowest BCUT2D eigenvalue weighted by molar-refractivity contribution is 0.314. The minimum absolute atomic E-state index is 0.438. The molecule has 1 aliphatic rings. The topological polar surface area (TPSA) is 67.6 Å². The number of rotatable bonds is 2. The van der Waals surface area contributed by atoms with Crippen LogP contribution in [0.25, 0.3) is 22.4 Å². The number of H-pyrrole nitrogens is 1. The molecule has 0 bridgehead atoms. The van der Waals surface area contributed by atoms with Gasteiger partial charge in [0.15, 0.2) is 0 Å². The third kappa shape index (κ3) is 1.90. The van der Waals surface area contributed by atoms with Crippen LogP contribution in [0.1, 0.15) is 43.9 Å². The number of hydrogen-bond acceptors (Lipinski definition) is 4. The first-order valence-corrected chi connectivity index (χ1v) is 7.18. The summed E-state index contributed by atoms with van der Waals surface area (Å²) in [5, 5.41) is 5.19. The van der Waals surface area contributed by atoms with Crippen molar-refractivity contribution in [3.8, 4) is 11.4 Å². The Bertz CT molecular complexity index is 724. The lowest BCUT2D eigenvalue weighted by Crippen LogP contribution is -2.04. The Kier molecular flexibility index (Phi) is 2.76. The van der Waals surface area contributed by atoms with Crippen molar-refractivity contribution in [1.82, 2.24) is 20.1 Å². The molecule has 0 saturated heterocycles. The highest BCUT2D eigenvalue weighted by atomic mass is 16.5. The molecular weight excluding hydrogens is 252 g/mol. The van der Waals surface area contributed by atoms with E-state index in [0.717, 1.165) is 35.3 Å².